The highest BCUT2D eigenvalue weighted by molar-refractivity contribution is 5.59. The van der Waals surface area contributed by atoms with E-state index in [1.165, 1.54) is 0 Å². The van der Waals surface area contributed by atoms with Crippen LogP contribution in [0.3, 0.4) is 0 Å². The van der Waals surface area contributed by atoms with Gasteiger partial charge in [-0.15, -0.1) is 0 Å². The van der Waals surface area contributed by atoms with Crippen molar-refractivity contribution in [1.29, 1.82) is 0 Å². The normalized spacial score (nSPS) is 28.3. The second kappa shape index (κ2) is 6.87. The van der Waals surface area contributed by atoms with E-state index in [2.05, 4.69) is 0 Å². The van der Waals surface area contributed by atoms with Crippen LogP contribution in [0.5, 0.6) is 0 Å². The summed E-state index contributed by atoms with van der Waals surface area (Å²) in [5.41, 5.74) is -0.933. The molecule has 0 radical (unpaired) electrons. The van der Waals surface area contributed by atoms with E-state index in [-0.39, 0.29) is 26.1 Å². The van der Waals surface area contributed by atoms with Crippen molar-refractivity contribution < 1.29 is 28.5 Å². The molecule has 116 valence electrons. The highest BCUT2D eigenvalue weighted by Crippen LogP contribution is 2.35. The Morgan fingerprint density at radius 3 is 2.76 bits per heavy atom. The Balaban J connectivity index is 1.70. The zero-order valence-corrected chi connectivity index (χ0v) is 11.8. The summed E-state index contributed by atoms with van der Waals surface area (Å²) < 4.78 is 28.9. The number of ether oxygens (including phenoxy) is 3. The first-order valence-electron chi connectivity index (χ1n) is 6.89. The molecule has 2 rings (SSSR count). The van der Waals surface area contributed by atoms with Crippen LogP contribution < -0.4 is 0 Å². The van der Waals surface area contributed by atoms with Crippen LogP contribution in [0, 0.1) is 0 Å². The van der Waals surface area contributed by atoms with Crippen LogP contribution in [0.1, 0.15) is 25.3 Å². The molecule has 21 heavy (non-hydrogen) atoms. The van der Waals surface area contributed by atoms with Gasteiger partial charge in [-0.3, -0.25) is 0 Å². The predicted molar refractivity (Wildman–Crippen MR) is 72.2 cm³/mol. The van der Waals surface area contributed by atoms with Crippen LogP contribution in [-0.2, 0) is 20.8 Å². The first-order valence-corrected chi connectivity index (χ1v) is 6.89. The molecule has 0 bridgehead atoms. The molecule has 1 heterocycles. The SMILES string of the molecule is CC[C@@]1(F)C[C@@H](COC(=O)OCc2ccccc2)O[C@H]1O. The Bertz CT molecular complexity index is 466. The number of rotatable bonds is 5. The molecule has 0 unspecified atom stereocenters. The number of aliphatic hydroxyl groups is 1. The second-order valence-electron chi connectivity index (χ2n) is 5.04. The van der Waals surface area contributed by atoms with E-state index in [0.29, 0.717) is 0 Å². The maximum Gasteiger partial charge on any atom is 0.508 e. The van der Waals surface area contributed by atoms with E-state index in [9.17, 15) is 14.3 Å². The fraction of sp³-hybridized carbons (Fsp3) is 0.533. The van der Waals surface area contributed by atoms with Gasteiger partial charge in [-0.2, -0.15) is 0 Å². The molecule has 0 saturated carbocycles. The minimum atomic E-state index is -1.78. The number of hydrogen-bond donors (Lipinski definition) is 1. The summed E-state index contributed by atoms with van der Waals surface area (Å²) in [6.07, 6.45) is -2.84. The number of aliphatic hydroxyl groups excluding tert-OH is 1. The van der Waals surface area contributed by atoms with Gasteiger partial charge in [0.1, 0.15) is 13.2 Å². The van der Waals surface area contributed by atoms with Gasteiger partial charge in [-0.1, -0.05) is 37.3 Å². The fourth-order valence-electron chi connectivity index (χ4n) is 2.17. The first-order chi connectivity index (χ1) is 10.0. The van der Waals surface area contributed by atoms with Crippen molar-refractivity contribution in [3.8, 4) is 0 Å². The summed E-state index contributed by atoms with van der Waals surface area (Å²) in [5.74, 6) is 0. The van der Waals surface area contributed by atoms with Crippen LogP contribution in [0.15, 0.2) is 30.3 Å². The van der Waals surface area contributed by atoms with Crippen molar-refractivity contribution in [2.45, 2.75) is 44.4 Å². The number of alkyl halides is 1. The lowest BCUT2D eigenvalue weighted by molar-refractivity contribution is -0.149. The average Bonchev–Trinajstić information content (AvgIpc) is 2.79. The molecule has 0 aliphatic carbocycles. The zero-order valence-electron chi connectivity index (χ0n) is 11.8. The van der Waals surface area contributed by atoms with Gasteiger partial charge < -0.3 is 19.3 Å². The van der Waals surface area contributed by atoms with Gasteiger partial charge in [0, 0.05) is 6.42 Å². The largest absolute Gasteiger partial charge is 0.508 e. The molecule has 6 heteroatoms. The van der Waals surface area contributed by atoms with Crippen molar-refractivity contribution in [1.82, 2.24) is 0 Å². The van der Waals surface area contributed by atoms with Gasteiger partial charge in [0.25, 0.3) is 0 Å². The first kappa shape index (κ1) is 15.7. The van der Waals surface area contributed by atoms with Crippen molar-refractivity contribution in [2.24, 2.45) is 0 Å². The lowest BCUT2D eigenvalue weighted by Gasteiger charge is -2.18. The Hall–Kier alpha value is -1.66. The van der Waals surface area contributed by atoms with Gasteiger partial charge in [-0.05, 0) is 12.0 Å². The van der Waals surface area contributed by atoms with E-state index in [4.69, 9.17) is 14.2 Å². The quantitative estimate of drug-likeness (QED) is 0.846. The minimum Gasteiger partial charge on any atom is -0.432 e. The molecule has 1 aliphatic heterocycles. The molecule has 0 spiro atoms. The lowest BCUT2D eigenvalue weighted by atomic mass is 9.98. The maximum absolute atomic E-state index is 14.0. The molecule has 0 aromatic heterocycles. The van der Waals surface area contributed by atoms with Crippen LogP contribution >= 0.6 is 0 Å². The van der Waals surface area contributed by atoms with E-state index < -0.39 is 24.2 Å². The Morgan fingerprint density at radius 2 is 2.14 bits per heavy atom. The van der Waals surface area contributed by atoms with Crippen molar-refractivity contribution >= 4 is 6.16 Å². The Morgan fingerprint density at radius 1 is 1.43 bits per heavy atom. The number of halogens is 1. The molecule has 1 aromatic carbocycles. The molecular weight excluding hydrogens is 279 g/mol. The fourth-order valence-corrected chi connectivity index (χ4v) is 2.17. The molecule has 5 nitrogen and oxygen atoms in total. The minimum absolute atomic E-state index is 0.00334. The molecule has 0 amide bonds. The third-order valence-corrected chi connectivity index (χ3v) is 3.51. The van der Waals surface area contributed by atoms with Gasteiger partial charge in [0.15, 0.2) is 12.0 Å². The van der Waals surface area contributed by atoms with E-state index >= 15 is 0 Å². The highest BCUT2D eigenvalue weighted by atomic mass is 19.1. The summed E-state index contributed by atoms with van der Waals surface area (Å²) in [6, 6.07) is 9.18. The predicted octanol–water partition coefficient (Wildman–Crippen LogP) is 2.57. The molecule has 1 aromatic rings. The third kappa shape index (κ3) is 4.15. The summed E-state index contributed by atoms with van der Waals surface area (Å²) in [7, 11) is 0. The number of carbonyl (C=O) groups excluding carboxylic acids is 1. The lowest BCUT2D eigenvalue weighted by Crippen LogP contribution is -2.32. The van der Waals surface area contributed by atoms with Crippen LogP contribution in [0.25, 0.3) is 0 Å². The standard InChI is InChI=1S/C15H19FO5/c1-2-15(16)8-12(21-13(15)17)10-20-14(18)19-9-11-6-4-3-5-7-11/h3-7,12-13,17H,2,8-10H2,1H3/t12-,13+,15+/m0/s1. The molecular formula is C15H19FO5. The monoisotopic (exact) mass is 298 g/mol. The number of hydrogen-bond acceptors (Lipinski definition) is 5. The molecule has 3 atom stereocenters. The summed E-state index contributed by atoms with van der Waals surface area (Å²) in [4.78, 5) is 11.4. The Kier molecular flexibility index (Phi) is 5.14. The van der Waals surface area contributed by atoms with Crippen molar-refractivity contribution in [2.75, 3.05) is 6.61 Å². The van der Waals surface area contributed by atoms with Gasteiger partial charge in [0.2, 0.25) is 0 Å². The van der Waals surface area contributed by atoms with Crippen molar-refractivity contribution in [3.63, 3.8) is 0 Å². The molecule has 1 N–H and O–H groups in total. The van der Waals surface area contributed by atoms with Gasteiger partial charge in [0.05, 0.1) is 6.10 Å². The molecule has 1 fully saturated rings. The van der Waals surface area contributed by atoms with Gasteiger partial charge in [-0.25, -0.2) is 9.18 Å². The third-order valence-electron chi connectivity index (χ3n) is 3.51. The molecule has 1 saturated heterocycles. The van der Waals surface area contributed by atoms with Crippen LogP contribution in [0.2, 0.25) is 0 Å². The van der Waals surface area contributed by atoms with Crippen LogP contribution in [0.4, 0.5) is 9.18 Å². The smallest absolute Gasteiger partial charge is 0.432 e. The van der Waals surface area contributed by atoms with Crippen molar-refractivity contribution in [3.05, 3.63) is 35.9 Å². The highest BCUT2D eigenvalue weighted by Gasteiger charge is 2.47. The van der Waals surface area contributed by atoms with E-state index in [0.717, 1.165) is 5.56 Å². The summed E-state index contributed by atoms with van der Waals surface area (Å²) in [5, 5.41) is 9.47. The average molecular weight is 298 g/mol. The van der Waals surface area contributed by atoms with Crippen LogP contribution in [-0.4, -0.2) is 35.9 Å². The van der Waals surface area contributed by atoms with E-state index in [1.807, 2.05) is 30.3 Å². The second-order valence-corrected chi connectivity index (χ2v) is 5.04. The van der Waals surface area contributed by atoms with Gasteiger partial charge >= 0.3 is 6.16 Å². The topological polar surface area (TPSA) is 65.0 Å². The number of carbonyl (C=O) groups is 1. The number of benzene rings is 1. The summed E-state index contributed by atoms with van der Waals surface area (Å²) >= 11 is 0. The molecule has 1 aliphatic rings. The summed E-state index contributed by atoms with van der Waals surface area (Å²) in [6.45, 7) is 1.59. The maximum atomic E-state index is 14.0. The zero-order chi connectivity index (χ0) is 15.3. The Labute approximate surface area is 122 Å². The van der Waals surface area contributed by atoms with E-state index in [1.54, 1.807) is 6.92 Å².